The van der Waals surface area contributed by atoms with E-state index in [-0.39, 0.29) is 11.9 Å². The zero-order chi connectivity index (χ0) is 21.6. The smallest absolute Gasteiger partial charge is 0.225 e. The molecule has 5 nitrogen and oxygen atoms in total. The fourth-order valence-corrected chi connectivity index (χ4v) is 6.21. The van der Waals surface area contributed by atoms with E-state index in [4.69, 9.17) is 5.26 Å². The minimum atomic E-state index is 0.121. The Labute approximate surface area is 197 Å². The molecule has 0 unspecified atom stereocenters. The lowest BCUT2D eigenvalue weighted by molar-refractivity contribution is -0.121. The summed E-state index contributed by atoms with van der Waals surface area (Å²) in [5.74, 6) is 0.121. The molecule has 1 aliphatic carbocycles. The van der Waals surface area contributed by atoms with Crippen molar-refractivity contribution in [1.29, 1.82) is 5.26 Å². The first-order valence-electron chi connectivity index (χ1n) is 11.1. The van der Waals surface area contributed by atoms with Crippen LogP contribution in [0, 0.1) is 11.3 Å². The van der Waals surface area contributed by atoms with Gasteiger partial charge in [0.05, 0.1) is 18.1 Å². The van der Waals surface area contributed by atoms with Gasteiger partial charge >= 0.3 is 0 Å². The van der Waals surface area contributed by atoms with Crippen LogP contribution in [0.4, 0.5) is 5.69 Å². The molecule has 2 fully saturated rings. The zero-order valence-corrected chi connectivity index (χ0v) is 20.1. The quantitative estimate of drug-likeness (QED) is 0.607. The van der Waals surface area contributed by atoms with Crippen LogP contribution in [0.2, 0.25) is 0 Å². The first-order chi connectivity index (χ1) is 15.1. The first kappa shape index (κ1) is 22.3. The number of thiophene rings is 1. The monoisotopic (exact) mass is 500 g/mol. The summed E-state index contributed by atoms with van der Waals surface area (Å²) in [6.07, 6.45) is 7.31. The Morgan fingerprint density at radius 3 is 2.65 bits per heavy atom. The fourth-order valence-electron chi connectivity index (χ4n) is 4.76. The molecule has 1 aromatic heterocycles. The number of benzene rings is 1. The van der Waals surface area contributed by atoms with Gasteiger partial charge in [0.1, 0.15) is 0 Å². The average Bonchev–Trinajstić information content (AvgIpc) is 3.19. The molecule has 2 heterocycles. The van der Waals surface area contributed by atoms with Gasteiger partial charge in [-0.05, 0) is 71.9 Å². The summed E-state index contributed by atoms with van der Waals surface area (Å²) in [5.41, 5.74) is 1.88. The van der Waals surface area contributed by atoms with Crippen molar-refractivity contribution in [3.05, 3.63) is 50.6 Å². The molecule has 31 heavy (non-hydrogen) atoms. The largest absolute Gasteiger partial charge is 0.370 e. The lowest BCUT2D eigenvalue weighted by atomic mass is 9.89. The van der Waals surface area contributed by atoms with Gasteiger partial charge in [0.2, 0.25) is 5.91 Å². The predicted octanol–water partition coefficient (Wildman–Crippen LogP) is 4.61. The molecular weight excluding hydrogens is 472 g/mol. The second-order valence-corrected chi connectivity index (χ2v) is 10.5. The molecular formula is C24H29BrN4OS. The van der Waals surface area contributed by atoms with E-state index in [1.54, 1.807) is 11.3 Å². The summed E-state index contributed by atoms with van der Waals surface area (Å²) in [4.78, 5) is 16.1. The molecule has 1 amide bonds. The Kier molecular flexibility index (Phi) is 7.65. The van der Waals surface area contributed by atoms with E-state index in [0.29, 0.717) is 24.1 Å². The van der Waals surface area contributed by atoms with Crippen LogP contribution in [-0.4, -0.2) is 37.1 Å². The molecule has 2 N–H and O–H groups in total. The number of halogens is 1. The van der Waals surface area contributed by atoms with E-state index >= 15 is 0 Å². The van der Waals surface area contributed by atoms with Crippen molar-refractivity contribution < 1.29 is 4.79 Å². The van der Waals surface area contributed by atoms with E-state index in [1.807, 2.05) is 35.7 Å². The molecule has 164 valence electrons. The second-order valence-electron chi connectivity index (χ2n) is 8.58. The van der Waals surface area contributed by atoms with Crippen molar-refractivity contribution in [2.45, 2.75) is 63.1 Å². The maximum absolute atomic E-state index is 12.6. The van der Waals surface area contributed by atoms with Crippen LogP contribution in [0.15, 0.2) is 40.2 Å². The van der Waals surface area contributed by atoms with Gasteiger partial charge in [0.25, 0.3) is 0 Å². The molecule has 0 bridgehead atoms. The van der Waals surface area contributed by atoms with Gasteiger partial charge in [-0.3, -0.25) is 4.79 Å². The van der Waals surface area contributed by atoms with E-state index < -0.39 is 0 Å². The summed E-state index contributed by atoms with van der Waals surface area (Å²) >= 11 is 5.09. The topological polar surface area (TPSA) is 68.2 Å². The molecule has 1 aromatic carbocycles. The van der Waals surface area contributed by atoms with Crippen molar-refractivity contribution in [2.75, 3.05) is 18.0 Å². The summed E-state index contributed by atoms with van der Waals surface area (Å²) in [5, 5.41) is 18.3. The van der Waals surface area contributed by atoms with Gasteiger partial charge < -0.3 is 15.5 Å². The molecule has 2 aliphatic rings. The Bertz CT molecular complexity index is 922. The second kappa shape index (κ2) is 10.6. The molecule has 1 saturated carbocycles. The molecule has 2 aromatic rings. The Morgan fingerprint density at radius 2 is 1.94 bits per heavy atom. The normalized spacial score (nSPS) is 23.9. The van der Waals surface area contributed by atoms with E-state index in [9.17, 15) is 4.79 Å². The highest BCUT2D eigenvalue weighted by atomic mass is 79.9. The number of nitrogens with one attached hydrogen (secondary N) is 2. The number of piperidine rings is 1. The van der Waals surface area contributed by atoms with Crippen LogP contribution in [0.1, 0.15) is 49.0 Å². The predicted molar refractivity (Wildman–Crippen MR) is 129 cm³/mol. The fraction of sp³-hybridized carbons (Fsp3) is 0.500. The number of hydrogen-bond acceptors (Lipinski definition) is 5. The first-order valence-corrected chi connectivity index (χ1v) is 12.8. The van der Waals surface area contributed by atoms with Crippen LogP contribution < -0.4 is 15.5 Å². The minimum absolute atomic E-state index is 0.121. The Morgan fingerprint density at radius 1 is 1.16 bits per heavy atom. The van der Waals surface area contributed by atoms with E-state index in [0.717, 1.165) is 48.1 Å². The van der Waals surface area contributed by atoms with Crippen LogP contribution in [-0.2, 0) is 11.2 Å². The summed E-state index contributed by atoms with van der Waals surface area (Å²) in [6.45, 7) is 2.01. The van der Waals surface area contributed by atoms with E-state index in [1.165, 1.54) is 18.5 Å². The number of nitrogens with zero attached hydrogens (tertiary/aromatic N) is 2. The van der Waals surface area contributed by atoms with Crippen molar-refractivity contribution in [3.63, 3.8) is 0 Å². The highest BCUT2D eigenvalue weighted by molar-refractivity contribution is 9.10. The van der Waals surface area contributed by atoms with Crippen LogP contribution in [0.25, 0.3) is 0 Å². The standard InChI is InChI=1S/C24H29BrN4OS/c25-18-12-21(31-16-18)13-24(30)28-23-6-2-1-5-22(23)27-19-4-3-11-29(15-19)20-9-7-17(14-26)8-10-20/h7-10,12,16,19,22-23,27H,1-6,11,13,15H2,(H,28,30)/t19-,22+,23+/m0/s1. The average molecular weight is 501 g/mol. The molecule has 1 aliphatic heterocycles. The molecule has 4 rings (SSSR count). The van der Waals surface area contributed by atoms with Crippen LogP contribution >= 0.6 is 27.3 Å². The molecule has 0 spiro atoms. The molecule has 0 radical (unpaired) electrons. The summed E-state index contributed by atoms with van der Waals surface area (Å²) in [7, 11) is 0. The van der Waals surface area contributed by atoms with E-state index in [2.05, 4.69) is 37.5 Å². The SMILES string of the molecule is N#Cc1ccc(N2CCC[C@H](N[C@@H]3CCCC[C@H]3NC(=O)Cc3cc(Br)cs3)C2)cc1. The zero-order valence-electron chi connectivity index (χ0n) is 17.6. The third kappa shape index (κ3) is 6.09. The number of carbonyl (C=O) groups excluding carboxylic acids is 1. The van der Waals surface area contributed by atoms with Gasteiger partial charge in [-0.25, -0.2) is 0 Å². The minimum Gasteiger partial charge on any atom is -0.370 e. The maximum atomic E-state index is 12.6. The van der Waals surface area contributed by atoms with Crippen molar-refractivity contribution >= 4 is 38.9 Å². The summed E-state index contributed by atoms with van der Waals surface area (Å²) in [6, 6.07) is 13.1. The number of amides is 1. The Hall–Kier alpha value is -1.88. The number of anilines is 1. The van der Waals surface area contributed by atoms with Crippen LogP contribution in [0.3, 0.4) is 0 Å². The highest BCUT2D eigenvalue weighted by Gasteiger charge is 2.30. The lowest BCUT2D eigenvalue weighted by Crippen LogP contribution is -2.57. The number of hydrogen-bond donors (Lipinski definition) is 2. The maximum Gasteiger partial charge on any atom is 0.225 e. The lowest BCUT2D eigenvalue weighted by Gasteiger charge is -2.40. The van der Waals surface area contributed by atoms with Gasteiger partial charge in [-0.15, -0.1) is 11.3 Å². The highest BCUT2D eigenvalue weighted by Crippen LogP contribution is 2.24. The molecule has 3 atom stereocenters. The third-order valence-electron chi connectivity index (χ3n) is 6.30. The van der Waals surface area contributed by atoms with Gasteiger partial charge in [-0.2, -0.15) is 5.26 Å². The van der Waals surface area contributed by atoms with Crippen molar-refractivity contribution in [3.8, 4) is 6.07 Å². The van der Waals surface area contributed by atoms with Crippen molar-refractivity contribution in [1.82, 2.24) is 10.6 Å². The van der Waals surface area contributed by atoms with Gasteiger partial charge in [0.15, 0.2) is 0 Å². The molecule has 1 saturated heterocycles. The Balaban J connectivity index is 1.33. The van der Waals surface area contributed by atoms with Crippen LogP contribution in [0.5, 0.6) is 0 Å². The number of rotatable bonds is 6. The third-order valence-corrected chi connectivity index (χ3v) is 8.00. The molecule has 7 heteroatoms. The number of carbonyl (C=O) groups is 1. The van der Waals surface area contributed by atoms with Gasteiger partial charge in [-0.1, -0.05) is 12.8 Å². The van der Waals surface area contributed by atoms with Gasteiger partial charge in [0, 0.05) is 51.6 Å². The number of nitriles is 1. The summed E-state index contributed by atoms with van der Waals surface area (Å²) < 4.78 is 1.04. The van der Waals surface area contributed by atoms with Crippen molar-refractivity contribution in [2.24, 2.45) is 0 Å².